The number of ether oxygens (including phenoxy) is 2. The van der Waals surface area contributed by atoms with Crippen LogP contribution in [0, 0.1) is 0 Å². The van der Waals surface area contributed by atoms with Crippen molar-refractivity contribution in [3.05, 3.63) is 29.3 Å². The Labute approximate surface area is 108 Å². The van der Waals surface area contributed by atoms with E-state index in [2.05, 4.69) is 6.07 Å². The second-order valence-corrected chi connectivity index (χ2v) is 5.29. The molecule has 1 N–H and O–H groups in total. The van der Waals surface area contributed by atoms with Gasteiger partial charge >= 0.3 is 0 Å². The summed E-state index contributed by atoms with van der Waals surface area (Å²) in [7, 11) is 1.69. The van der Waals surface area contributed by atoms with Gasteiger partial charge in [0.2, 0.25) is 0 Å². The van der Waals surface area contributed by atoms with Gasteiger partial charge < -0.3 is 14.6 Å². The highest BCUT2D eigenvalue weighted by Gasteiger charge is 2.43. The molecule has 18 heavy (non-hydrogen) atoms. The van der Waals surface area contributed by atoms with E-state index >= 15 is 0 Å². The second kappa shape index (κ2) is 4.56. The maximum Gasteiger partial charge on any atom is 0.128 e. The summed E-state index contributed by atoms with van der Waals surface area (Å²) in [6, 6.07) is 6.09. The molecular formula is C15H20O3. The van der Waals surface area contributed by atoms with Crippen LogP contribution in [0.3, 0.4) is 0 Å². The monoisotopic (exact) mass is 248 g/mol. The molecule has 0 radical (unpaired) electrons. The Morgan fingerprint density at radius 2 is 2.28 bits per heavy atom. The zero-order valence-corrected chi connectivity index (χ0v) is 10.8. The molecule has 0 amide bonds. The summed E-state index contributed by atoms with van der Waals surface area (Å²) in [5.74, 6) is 0.893. The van der Waals surface area contributed by atoms with Gasteiger partial charge in [-0.2, -0.15) is 0 Å². The van der Waals surface area contributed by atoms with Gasteiger partial charge in [0.1, 0.15) is 11.4 Å². The van der Waals surface area contributed by atoms with Crippen molar-refractivity contribution < 1.29 is 14.6 Å². The number of para-hydroxylation sites is 1. The number of rotatable bonds is 2. The van der Waals surface area contributed by atoms with E-state index in [1.807, 2.05) is 12.1 Å². The Morgan fingerprint density at radius 3 is 3.11 bits per heavy atom. The van der Waals surface area contributed by atoms with E-state index in [1.165, 1.54) is 5.56 Å². The van der Waals surface area contributed by atoms with Crippen LogP contribution in [-0.4, -0.2) is 24.9 Å². The first kappa shape index (κ1) is 12.0. The fourth-order valence-corrected chi connectivity index (χ4v) is 3.30. The van der Waals surface area contributed by atoms with Crippen molar-refractivity contribution in [1.82, 2.24) is 0 Å². The highest BCUT2D eigenvalue weighted by atomic mass is 16.5. The van der Waals surface area contributed by atoms with Gasteiger partial charge in [0, 0.05) is 19.1 Å². The Bertz CT molecular complexity index is 443. The lowest BCUT2D eigenvalue weighted by Gasteiger charge is -2.40. The van der Waals surface area contributed by atoms with Gasteiger partial charge in [0.25, 0.3) is 0 Å². The van der Waals surface area contributed by atoms with Crippen molar-refractivity contribution in [3.8, 4) is 5.75 Å². The average molecular weight is 248 g/mol. The van der Waals surface area contributed by atoms with Gasteiger partial charge in [-0.25, -0.2) is 0 Å². The Balaban J connectivity index is 2.05. The standard InChI is InChI=1S/C15H20O3/c1-17-13-7-2-3-9-15(13,16)12-6-4-5-11-8-10-18-14(11)12/h4-6,13,16H,2-3,7-10H2,1H3. The number of fused-ring (bicyclic) bond motifs is 1. The molecule has 2 atom stereocenters. The number of methoxy groups -OCH3 is 1. The fraction of sp³-hybridized carbons (Fsp3) is 0.600. The van der Waals surface area contributed by atoms with Crippen molar-refractivity contribution in [3.63, 3.8) is 0 Å². The van der Waals surface area contributed by atoms with Gasteiger partial charge in [0.05, 0.1) is 12.7 Å². The average Bonchev–Trinajstić information content (AvgIpc) is 2.87. The molecule has 1 fully saturated rings. The number of benzene rings is 1. The molecule has 1 heterocycles. The molecule has 0 aromatic heterocycles. The largest absolute Gasteiger partial charge is 0.493 e. The molecule has 1 aromatic rings. The highest BCUT2D eigenvalue weighted by molar-refractivity contribution is 5.47. The van der Waals surface area contributed by atoms with E-state index in [0.717, 1.165) is 50.0 Å². The predicted octanol–water partition coefficient (Wildman–Crippen LogP) is 2.40. The van der Waals surface area contributed by atoms with Crippen LogP contribution in [-0.2, 0) is 16.8 Å². The lowest BCUT2D eigenvalue weighted by molar-refractivity contribution is -0.123. The minimum atomic E-state index is -0.886. The highest BCUT2D eigenvalue weighted by Crippen LogP contribution is 2.44. The van der Waals surface area contributed by atoms with Crippen LogP contribution in [0.25, 0.3) is 0 Å². The molecule has 1 aliphatic heterocycles. The molecule has 0 bridgehead atoms. The first-order valence-corrected chi connectivity index (χ1v) is 6.76. The normalized spacial score (nSPS) is 30.9. The van der Waals surface area contributed by atoms with E-state index in [-0.39, 0.29) is 6.10 Å². The molecular weight excluding hydrogens is 228 g/mol. The van der Waals surface area contributed by atoms with Gasteiger partial charge in [0.15, 0.2) is 0 Å². The van der Waals surface area contributed by atoms with Crippen molar-refractivity contribution >= 4 is 0 Å². The van der Waals surface area contributed by atoms with Crippen LogP contribution < -0.4 is 4.74 Å². The van der Waals surface area contributed by atoms with Crippen molar-refractivity contribution in [2.75, 3.05) is 13.7 Å². The van der Waals surface area contributed by atoms with E-state index in [0.29, 0.717) is 0 Å². The summed E-state index contributed by atoms with van der Waals surface area (Å²) < 4.78 is 11.2. The molecule has 3 heteroatoms. The Morgan fingerprint density at radius 1 is 1.39 bits per heavy atom. The fourth-order valence-electron chi connectivity index (χ4n) is 3.30. The maximum absolute atomic E-state index is 11.1. The Hall–Kier alpha value is -1.06. The topological polar surface area (TPSA) is 38.7 Å². The summed E-state index contributed by atoms with van der Waals surface area (Å²) in [6.07, 6.45) is 4.65. The summed E-state index contributed by atoms with van der Waals surface area (Å²) >= 11 is 0. The SMILES string of the molecule is COC1CCCCC1(O)c1cccc2c1OCC2. The molecule has 0 saturated heterocycles. The molecule has 2 aliphatic rings. The van der Waals surface area contributed by atoms with Gasteiger partial charge in [-0.05, 0) is 18.4 Å². The molecule has 2 unspecified atom stereocenters. The van der Waals surface area contributed by atoms with Crippen LogP contribution in [0.4, 0.5) is 0 Å². The quantitative estimate of drug-likeness (QED) is 0.873. The van der Waals surface area contributed by atoms with Crippen molar-refractivity contribution in [1.29, 1.82) is 0 Å². The van der Waals surface area contributed by atoms with E-state index in [4.69, 9.17) is 9.47 Å². The third-order valence-corrected chi connectivity index (χ3v) is 4.27. The molecule has 1 aromatic carbocycles. The predicted molar refractivity (Wildman–Crippen MR) is 68.8 cm³/mol. The Kier molecular flexibility index (Phi) is 3.04. The second-order valence-electron chi connectivity index (χ2n) is 5.29. The van der Waals surface area contributed by atoms with Gasteiger partial charge in [-0.15, -0.1) is 0 Å². The summed E-state index contributed by atoms with van der Waals surface area (Å²) in [4.78, 5) is 0. The van der Waals surface area contributed by atoms with E-state index in [1.54, 1.807) is 7.11 Å². The minimum absolute atomic E-state index is 0.123. The number of hydrogen-bond donors (Lipinski definition) is 1. The molecule has 0 spiro atoms. The zero-order valence-electron chi connectivity index (χ0n) is 10.8. The van der Waals surface area contributed by atoms with Gasteiger partial charge in [-0.3, -0.25) is 0 Å². The third-order valence-electron chi connectivity index (χ3n) is 4.27. The molecule has 98 valence electrons. The third kappa shape index (κ3) is 1.73. The molecule has 1 saturated carbocycles. The lowest BCUT2D eigenvalue weighted by atomic mass is 9.76. The smallest absolute Gasteiger partial charge is 0.128 e. The molecule has 3 rings (SSSR count). The zero-order chi connectivity index (χ0) is 12.6. The summed E-state index contributed by atoms with van der Waals surface area (Å²) in [6.45, 7) is 0.722. The first-order valence-electron chi connectivity index (χ1n) is 6.76. The van der Waals surface area contributed by atoms with Crippen LogP contribution >= 0.6 is 0 Å². The number of hydrogen-bond acceptors (Lipinski definition) is 3. The van der Waals surface area contributed by atoms with Crippen molar-refractivity contribution in [2.24, 2.45) is 0 Å². The lowest BCUT2D eigenvalue weighted by Crippen LogP contribution is -2.43. The van der Waals surface area contributed by atoms with Crippen LogP contribution in [0.1, 0.15) is 36.8 Å². The molecule has 3 nitrogen and oxygen atoms in total. The van der Waals surface area contributed by atoms with Crippen molar-refractivity contribution in [2.45, 2.75) is 43.8 Å². The van der Waals surface area contributed by atoms with Gasteiger partial charge in [-0.1, -0.05) is 31.0 Å². The molecule has 1 aliphatic carbocycles. The summed E-state index contributed by atoms with van der Waals surface area (Å²) in [5, 5.41) is 11.1. The summed E-state index contributed by atoms with van der Waals surface area (Å²) in [5.41, 5.74) is 1.24. The van der Waals surface area contributed by atoms with E-state index < -0.39 is 5.60 Å². The van der Waals surface area contributed by atoms with Crippen LogP contribution in [0.2, 0.25) is 0 Å². The maximum atomic E-state index is 11.1. The van der Waals surface area contributed by atoms with E-state index in [9.17, 15) is 5.11 Å². The van der Waals surface area contributed by atoms with Crippen LogP contribution in [0.5, 0.6) is 5.75 Å². The minimum Gasteiger partial charge on any atom is -0.493 e. The number of aliphatic hydroxyl groups is 1. The van der Waals surface area contributed by atoms with Crippen LogP contribution in [0.15, 0.2) is 18.2 Å². The first-order chi connectivity index (χ1) is 8.75.